The third kappa shape index (κ3) is 3.29. The van der Waals surface area contributed by atoms with Crippen molar-refractivity contribution in [1.82, 2.24) is 14.8 Å². The predicted molar refractivity (Wildman–Crippen MR) is 116 cm³/mol. The molecule has 0 spiro atoms. The summed E-state index contributed by atoms with van der Waals surface area (Å²) in [6.45, 7) is 0.796. The zero-order chi connectivity index (χ0) is 19.8. The quantitative estimate of drug-likeness (QED) is 0.510. The van der Waals surface area contributed by atoms with Gasteiger partial charge in [-0.2, -0.15) is 5.10 Å². The molecule has 0 unspecified atom stereocenters. The highest BCUT2D eigenvalue weighted by Crippen LogP contribution is 2.33. The van der Waals surface area contributed by atoms with Crippen LogP contribution in [0.1, 0.15) is 19.3 Å². The van der Waals surface area contributed by atoms with E-state index in [1.54, 1.807) is 4.68 Å². The summed E-state index contributed by atoms with van der Waals surface area (Å²) in [4.78, 5) is 18.7. The molecule has 1 aliphatic heterocycles. The van der Waals surface area contributed by atoms with Gasteiger partial charge in [0.2, 0.25) is 5.91 Å². The molecule has 29 heavy (non-hydrogen) atoms. The fourth-order valence-electron chi connectivity index (χ4n) is 4.04. The summed E-state index contributed by atoms with van der Waals surface area (Å²) in [5, 5.41) is 6.44. The number of carbonyl (C=O) groups excluding carboxylic acids is 1. The molecule has 0 aliphatic carbocycles. The van der Waals surface area contributed by atoms with Gasteiger partial charge in [-0.15, -0.1) is 0 Å². The van der Waals surface area contributed by atoms with E-state index in [9.17, 15) is 4.79 Å². The lowest BCUT2D eigenvalue weighted by atomic mass is 9.98. The number of carbonyl (C=O) groups is 1. The molecule has 5 rings (SSSR count). The largest absolute Gasteiger partial charge is 0.312 e. The molecule has 5 nitrogen and oxygen atoms in total. The maximum atomic E-state index is 12.4. The molecule has 4 aromatic rings. The summed E-state index contributed by atoms with van der Waals surface area (Å²) >= 11 is 0. The smallest absolute Gasteiger partial charge is 0.226 e. The molecule has 2 aromatic heterocycles. The minimum absolute atomic E-state index is 0.215. The summed E-state index contributed by atoms with van der Waals surface area (Å²) in [5.41, 5.74) is 5.39. The van der Waals surface area contributed by atoms with Crippen molar-refractivity contribution in [2.24, 2.45) is 7.05 Å². The molecular formula is C24H22N4O. The molecule has 0 N–H and O–H groups in total. The first-order valence-corrected chi connectivity index (χ1v) is 9.97. The number of aryl methyl sites for hydroxylation is 1. The lowest BCUT2D eigenvalue weighted by Crippen LogP contribution is -2.35. The Morgan fingerprint density at radius 2 is 1.72 bits per heavy atom. The van der Waals surface area contributed by atoms with Crippen LogP contribution in [0.5, 0.6) is 0 Å². The highest BCUT2D eigenvalue weighted by atomic mass is 16.2. The monoisotopic (exact) mass is 382 g/mol. The maximum Gasteiger partial charge on any atom is 0.226 e. The number of benzene rings is 2. The van der Waals surface area contributed by atoms with Crippen LogP contribution < -0.4 is 4.90 Å². The van der Waals surface area contributed by atoms with Crippen molar-refractivity contribution >= 4 is 22.4 Å². The fourth-order valence-corrected chi connectivity index (χ4v) is 4.04. The number of aromatic nitrogens is 3. The number of fused-ring (bicyclic) bond motifs is 1. The Bertz CT molecular complexity index is 1190. The van der Waals surface area contributed by atoms with Crippen LogP contribution in [0.25, 0.3) is 33.0 Å². The third-order valence-electron chi connectivity index (χ3n) is 5.61. The molecule has 0 saturated carbocycles. The van der Waals surface area contributed by atoms with Gasteiger partial charge in [-0.05, 0) is 41.5 Å². The molecule has 5 heteroatoms. The van der Waals surface area contributed by atoms with E-state index in [0.717, 1.165) is 58.1 Å². The maximum absolute atomic E-state index is 12.4. The lowest BCUT2D eigenvalue weighted by Gasteiger charge is -2.27. The van der Waals surface area contributed by atoms with E-state index < -0.39 is 0 Å². The zero-order valence-electron chi connectivity index (χ0n) is 16.4. The molecule has 3 heterocycles. The van der Waals surface area contributed by atoms with Gasteiger partial charge < -0.3 is 4.90 Å². The number of amides is 1. The van der Waals surface area contributed by atoms with Crippen molar-refractivity contribution in [2.75, 3.05) is 11.4 Å². The van der Waals surface area contributed by atoms with Gasteiger partial charge in [0, 0.05) is 60.8 Å². The molecule has 1 fully saturated rings. The summed E-state index contributed by atoms with van der Waals surface area (Å²) < 4.78 is 1.81. The Morgan fingerprint density at radius 1 is 0.897 bits per heavy atom. The van der Waals surface area contributed by atoms with Gasteiger partial charge >= 0.3 is 0 Å². The van der Waals surface area contributed by atoms with Gasteiger partial charge in [0.25, 0.3) is 0 Å². The Labute approximate surface area is 169 Å². The van der Waals surface area contributed by atoms with E-state index in [1.807, 2.05) is 42.8 Å². The van der Waals surface area contributed by atoms with Crippen LogP contribution >= 0.6 is 0 Å². The van der Waals surface area contributed by atoms with Crippen LogP contribution in [0.4, 0.5) is 5.69 Å². The van der Waals surface area contributed by atoms with Crippen LogP contribution in [0.3, 0.4) is 0 Å². The van der Waals surface area contributed by atoms with Crippen LogP contribution in [0.15, 0.2) is 67.3 Å². The second kappa shape index (κ2) is 7.17. The molecule has 0 bridgehead atoms. The first kappa shape index (κ1) is 17.6. The summed E-state index contributed by atoms with van der Waals surface area (Å²) in [6, 6.07) is 14.7. The van der Waals surface area contributed by atoms with Crippen LogP contribution in [0, 0.1) is 0 Å². The van der Waals surface area contributed by atoms with Crippen molar-refractivity contribution in [3.63, 3.8) is 0 Å². The molecule has 1 aliphatic rings. The lowest BCUT2D eigenvalue weighted by molar-refractivity contribution is -0.119. The van der Waals surface area contributed by atoms with Crippen LogP contribution in [-0.4, -0.2) is 27.2 Å². The van der Waals surface area contributed by atoms with Crippen LogP contribution in [0.2, 0.25) is 0 Å². The zero-order valence-corrected chi connectivity index (χ0v) is 16.4. The Kier molecular flexibility index (Phi) is 4.35. The van der Waals surface area contributed by atoms with Crippen molar-refractivity contribution in [3.05, 3.63) is 67.3 Å². The van der Waals surface area contributed by atoms with E-state index in [-0.39, 0.29) is 5.91 Å². The number of hydrogen-bond donors (Lipinski definition) is 0. The van der Waals surface area contributed by atoms with Gasteiger partial charge in [-0.1, -0.05) is 30.3 Å². The standard InChI is InChI=1S/C24H22N4O/c1-27-16-20(14-26-27)17-5-7-18(8-6-17)23-15-25-13-19-9-10-21(12-22(19)23)28-11-3-2-4-24(28)29/h5-10,12-16H,2-4,11H2,1H3. The Balaban J connectivity index is 1.55. The van der Waals surface area contributed by atoms with Crippen molar-refractivity contribution < 1.29 is 4.79 Å². The van der Waals surface area contributed by atoms with Gasteiger partial charge in [-0.25, -0.2) is 0 Å². The predicted octanol–water partition coefficient (Wildman–Crippen LogP) is 4.82. The molecule has 0 radical (unpaired) electrons. The molecular weight excluding hydrogens is 360 g/mol. The average molecular weight is 382 g/mol. The number of nitrogens with zero attached hydrogens (tertiary/aromatic N) is 4. The second-order valence-corrected chi connectivity index (χ2v) is 7.58. The highest BCUT2D eigenvalue weighted by molar-refractivity contribution is 6.01. The Morgan fingerprint density at radius 3 is 2.48 bits per heavy atom. The SMILES string of the molecule is Cn1cc(-c2ccc(-c3cncc4ccc(N5CCCCC5=O)cc34)cc2)cn1. The third-order valence-corrected chi connectivity index (χ3v) is 5.61. The highest BCUT2D eigenvalue weighted by Gasteiger charge is 2.20. The number of rotatable bonds is 3. The molecule has 1 amide bonds. The molecule has 0 atom stereocenters. The Hall–Kier alpha value is -3.47. The van der Waals surface area contributed by atoms with Gasteiger partial charge in [-0.3, -0.25) is 14.5 Å². The first-order valence-electron chi connectivity index (χ1n) is 9.97. The van der Waals surface area contributed by atoms with Gasteiger partial charge in [0.05, 0.1) is 6.20 Å². The fraction of sp³-hybridized carbons (Fsp3) is 0.208. The second-order valence-electron chi connectivity index (χ2n) is 7.58. The van der Waals surface area contributed by atoms with Gasteiger partial charge in [0.15, 0.2) is 0 Å². The van der Waals surface area contributed by atoms with Crippen LogP contribution in [-0.2, 0) is 11.8 Å². The van der Waals surface area contributed by atoms with E-state index in [2.05, 4.69) is 46.5 Å². The normalized spacial score (nSPS) is 14.5. The average Bonchev–Trinajstić information content (AvgIpc) is 3.20. The summed E-state index contributed by atoms with van der Waals surface area (Å²) in [6.07, 6.45) is 10.3. The minimum atomic E-state index is 0.215. The number of piperidine rings is 1. The van der Waals surface area contributed by atoms with Crippen molar-refractivity contribution in [3.8, 4) is 22.3 Å². The number of hydrogen-bond acceptors (Lipinski definition) is 3. The van der Waals surface area contributed by atoms with E-state index in [1.165, 1.54) is 0 Å². The topological polar surface area (TPSA) is 51.0 Å². The minimum Gasteiger partial charge on any atom is -0.312 e. The molecule has 144 valence electrons. The van der Waals surface area contributed by atoms with E-state index >= 15 is 0 Å². The van der Waals surface area contributed by atoms with E-state index in [0.29, 0.717) is 6.42 Å². The summed E-state index contributed by atoms with van der Waals surface area (Å²) in [5.74, 6) is 0.215. The number of anilines is 1. The number of pyridine rings is 1. The van der Waals surface area contributed by atoms with E-state index in [4.69, 9.17) is 0 Å². The molecule has 2 aromatic carbocycles. The first-order chi connectivity index (χ1) is 14.2. The van der Waals surface area contributed by atoms with Crippen molar-refractivity contribution in [1.29, 1.82) is 0 Å². The summed E-state index contributed by atoms with van der Waals surface area (Å²) in [7, 11) is 1.92. The van der Waals surface area contributed by atoms with Crippen molar-refractivity contribution in [2.45, 2.75) is 19.3 Å². The molecule has 1 saturated heterocycles. The van der Waals surface area contributed by atoms with Gasteiger partial charge in [0.1, 0.15) is 0 Å².